The van der Waals surface area contributed by atoms with E-state index >= 15 is 0 Å². The SMILES string of the molecule is CNCCCc1cn(Cc2ccc(OC)cc2)c(=O)c(N2CCN(SC)CC2)n1. The molecule has 1 aromatic carbocycles. The molecule has 1 fully saturated rings. The minimum Gasteiger partial charge on any atom is -0.497 e. The normalized spacial score (nSPS) is 14.9. The number of hydrogen-bond acceptors (Lipinski definition) is 7. The summed E-state index contributed by atoms with van der Waals surface area (Å²) in [7, 11) is 3.61. The Morgan fingerprint density at radius 2 is 1.90 bits per heavy atom. The van der Waals surface area contributed by atoms with Gasteiger partial charge in [-0.05, 0) is 50.4 Å². The average molecular weight is 418 g/mol. The second kappa shape index (κ2) is 10.7. The first-order chi connectivity index (χ1) is 14.1. The summed E-state index contributed by atoms with van der Waals surface area (Å²) < 4.78 is 9.36. The van der Waals surface area contributed by atoms with E-state index in [1.807, 2.05) is 37.5 Å². The summed E-state index contributed by atoms with van der Waals surface area (Å²) in [5.41, 5.74) is 2.02. The number of nitrogens with one attached hydrogen (secondary N) is 1. The summed E-state index contributed by atoms with van der Waals surface area (Å²) in [4.78, 5) is 20.1. The molecular weight excluding hydrogens is 386 g/mol. The topological polar surface area (TPSA) is 62.6 Å². The molecule has 1 saturated heterocycles. The van der Waals surface area contributed by atoms with Crippen LogP contribution in [0.5, 0.6) is 5.75 Å². The average Bonchev–Trinajstić information content (AvgIpc) is 2.76. The van der Waals surface area contributed by atoms with Crippen molar-refractivity contribution in [3.63, 3.8) is 0 Å². The predicted octanol–water partition coefficient (Wildman–Crippen LogP) is 1.85. The number of piperazine rings is 1. The number of nitrogens with zero attached hydrogens (tertiary/aromatic N) is 4. The monoisotopic (exact) mass is 417 g/mol. The van der Waals surface area contributed by atoms with E-state index in [-0.39, 0.29) is 5.56 Å². The molecule has 0 spiro atoms. The van der Waals surface area contributed by atoms with Crippen LogP contribution in [0.1, 0.15) is 17.7 Å². The molecule has 158 valence electrons. The van der Waals surface area contributed by atoms with Crippen LogP contribution < -0.4 is 20.5 Å². The molecule has 0 atom stereocenters. The van der Waals surface area contributed by atoms with Gasteiger partial charge in [-0.3, -0.25) is 4.79 Å². The van der Waals surface area contributed by atoms with Gasteiger partial charge in [-0.25, -0.2) is 9.29 Å². The Kier molecular flexibility index (Phi) is 7.97. The first kappa shape index (κ1) is 21.7. The summed E-state index contributed by atoms with van der Waals surface area (Å²) in [5.74, 6) is 1.40. The van der Waals surface area contributed by atoms with E-state index in [0.29, 0.717) is 12.4 Å². The molecule has 0 bridgehead atoms. The number of aryl methyl sites for hydroxylation is 1. The van der Waals surface area contributed by atoms with Crippen LogP contribution in [0.3, 0.4) is 0 Å². The fraction of sp³-hybridized carbons (Fsp3) is 0.524. The Hall–Kier alpha value is -2.03. The summed E-state index contributed by atoms with van der Waals surface area (Å²) in [6.07, 6.45) is 5.85. The van der Waals surface area contributed by atoms with E-state index in [0.717, 1.165) is 62.6 Å². The van der Waals surface area contributed by atoms with Gasteiger partial charge in [-0.2, -0.15) is 0 Å². The molecule has 0 radical (unpaired) electrons. The zero-order valence-corrected chi connectivity index (χ0v) is 18.4. The van der Waals surface area contributed by atoms with Crippen LogP contribution in [0.2, 0.25) is 0 Å². The van der Waals surface area contributed by atoms with Crippen molar-refractivity contribution in [1.29, 1.82) is 0 Å². The molecule has 29 heavy (non-hydrogen) atoms. The lowest BCUT2D eigenvalue weighted by atomic mass is 10.2. The molecule has 1 aromatic heterocycles. The van der Waals surface area contributed by atoms with Gasteiger partial charge in [-0.1, -0.05) is 24.1 Å². The third kappa shape index (κ3) is 5.74. The molecule has 8 heteroatoms. The van der Waals surface area contributed by atoms with Gasteiger partial charge in [0.1, 0.15) is 5.75 Å². The predicted molar refractivity (Wildman–Crippen MR) is 120 cm³/mol. The number of benzene rings is 1. The highest BCUT2D eigenvalue weighted by Gasteiger charge is 2.21. The molecule has 0 saturated carbocycles. The standard InChI is InChI=1S/C21H31N5O2S/c1-22-10-4-5-18-16-25(15-17-6-8-19(28-2)9-7-17)21(27)20(23-18)24-11-13-26(29-3)14-12-24/h6-9,16,22H,4-5,10-15H2,1-3H3. The molecule has 7 nitrogen and oxygen atoms in total. The fourth-order valence-corrected chi connectivity index (χ4v) is 4.01. The second-order valence-corrected chi connectivity index (χ2v) is 8.02. The molecular formula is C21H31N5O2S. The molecule has 2 aromatic rings. The Morgan fingerprint density at radius 1 is 1.17 bits per heavy atom. The lowest BCUT2D eigenvalue weighted by Crippen LogP contribution is -2.46. The Bertz CT molecular complexity index is 832. The third-order valence-electron chi connectivity index (χ3n) is 5.17. The van der Waals surface area contributed by atoms with E-state index in [2.05, 4.69) is 20.8 Å². The van der Waals surface area contributed by atoms with Crippen molar-refractivity contribution in [2.24, 2.45) is 0 Å². The van der Waals surface area contributed by atoms with Gasteiger partial charge in [0.15, 0.2) is 5.82 Å². The van der Waals surface area contributed by atoms with Crippen molar-refractivity contribution in [2.75, 3.05) is 58.0 Å². The van der Waals surface area contributed by atoms with Crippen LogP contribution >= 0.6 is 11.9 Å². The minimum atomic E-state index is -0.0178. The lowest BCUT2D eigenvalue weighted by molar-refractivity contribution is 0.414. The molecule has 0 unspecified atom stereocenters. The van der Waals surface area contributed by atoms with Gasteiger partial charge >= 0.3 is 0 Å². The van der Waals surface area contributed by atoms with Crippen molar-refractivity contribution in [2.45, 2.75) is 19.4 Å². The van der Waals surface area contributed by atoms with Crippen LogP contribution in [0.4, 0.5) is 5.82 Å². The number of aromatic nitrogens is 2. The number of ether oxygens (including phenoxy) is 1. The second-order valence-electron chi connectivity index (χ2n) is 7.14. The molecule has 1 aliphatic rings. The van der Waals surface area contributed by atoms with Crippen LogP contribution in [0.25, 0.3) is 0 Å². The third-order valence-corrected chi connectivity index (χ3v) is 6.06. The maximum atomic E-state index is 13.2. The molecule has 1 N–H and O–H groups in total. The van der Waals surface area contributed by atoms with Gasteiger partial charge in [0.25, 0.3) is 5.56 Å². The van der Waals surface area contributed by atoms with Crippen LogP contribution in [0.15, 0.2) is 35.3 Å². The summed E-state index contributed by atoms with van der Waals surface area (Å²) >= 11 is 1.76. The van der Waals surface area contributed by atoms with Gasteiger partial charge < -0.3 is 19.5 Å². The fourth-order valence-electron chi connectivity index (χ4n) is 3.48. The first-order valence-corrected chi connectivity index (χ1v) is 11.2. The number of rotatable bonds is 9. The minimum absolute atomic E-state index is 0.0178. The lowest BCUT2D eigenvalue weighted by Gasteiger charge is -2.33. The molecule has 3 rings (SSSR count). The Balaban J connectivity index is 1.86. The molecule has 0 aliphatic carbocycles. The maximum absolute atomic E-state index is 13.2. The number of methoxy groups -OCH3 is 1. The van der Waals surface area contributed by atoms with Crippen molar-refractivity contribution in [3.8, 4) is 5.75 Å². The quantitative estimate of drug-likeness (QED) is 0.493. The molecule has 2 heterocycles. The van der Waals surface area contributed by atoms with Gasteiger partial charge in [0, 0.05) is 32.4 Å². The molecule has 0 amide bonds. The largest absolute Gasteiger partial charge is 0.497 e. The Labute approximate surface area is 177 Å². The van der Waals surface area contributed by atoms with Crippen LogP contribution in [0, 0.1) is 0 Å². The number of anilines is 1. The first-order valence-electron chi connectivity index (χ1n) is 10.1. The van der Waals surface area contributed by atoms with E-state index < -0.39 is 0 Å². The highest BCUT2D eigenvalue weighted by molar-refractivity contribution is 7.96. The van der Waals surface area contributed by atoms with E-state index in [1.165, 1.54) is 0 Å². The number of hydrogen-bond donors (Lipinski definition) is 1. The zero-order chi connectivity index (χ0) is 20.6. The molecule has 1 aliphatic heterocycles. The van der Waals surface area contributed by atoms with Crippen molar-refractivity contribution in [3.05, 3.63) is 52.1 Å². The van der Waals surface area contributed by atoms with Crippen molar-refractivity contribution < 1.29 is 4.74 Å². The van der Waals surface area contributed by atoms with Gasteiger partial charge in [-0.15, -0.1) is 0 Å². The highest BCUT2D eigenvalue weighted by Crippen LogP contribution is 2.16. The van der Waals surface area contributed by atoms with E-state index in [4.69, 9.17) is 9.72 Å². The smallest absolute Gasteiger partial charge is 0.293 e. The van der Waals surface area contributed by atoms with Gasteiger partial charge in [0.2, 0.25) is 0 Å². The summed E-state index contributed by atoms with van der Waals surface area (Å²) in [6.45, 7) is 4.98. The van der Waals surface area contributed by atoms with E-state index in [9.17, 15) is 4.79 Å². The van der Waals surface area contributed by atoms with Crippen molar-refractivity contribution >= 4 is 17.8 Å². The van der Waals surface area contributed by atoms with E-state index in [1.54, 1.807) is 23.6 Å². The van der Waals surface area contributed by atoms with Gasteiger partial charge in [0.05, 0.1) is 19.3 Å². The van der Waals surface area contributed by atoms with Crippen molar-refractivity contribution in [1.82, 2.24) is 19.2 Å². The van der Waals surface area contributed by atoms with Crippen LogP contribution in [-0.2, 0) is 13.0 Å². The maximum Gasteiger partial charge on any atom is 0.293 e. The Morgan fingerprint density at radius 3 is 2.52 bits per heavy atom. The summed E-state index contributed by atoms with van der Waals surface area (Å²) in [5, 5.41) is 3.18. The highest BCUT2D eigenvalue weighted by atomic mass is 32.2. The zero-order valence-electron chi connectivity index (χ0n) is 17.6. The van der Waals surface area contributed by atoms with Crippen LogP contribution in [-0.4, -0.2) is 67.0 Å². The summed E-state index contributed by atoms with van der Waals surface area (Å²) in [6, 6.07) is 7.86.